The predicted octanol–water partition coefficient (Wildman–Crippen LogP) is 7.41. The molecule has 1 fully saturated rings. The summed E-state index contributed by atoms with van der Waals surface area (Å²) in [5.74, 6) is 0. The second-order valence-corrected chi connectivity index (χ2v) is 12.5. The molecule has 0 saturated carbocycles. The molecule has 4 aromatic carbocycles. The molecule has 0 aliphatic carbocycles. The molecular formula is C38H39N4O5S+. The summed E-state index contributed by atoms with van der Waals surface area (Å²) in [7, 11) is 1.90. The third-order valence-electron chi connectivity index (χ3n) is 8.23. The van der Waals surface area contributed by atoms with Crippen LogP contribution in [0.1, 0.15) is 27.3 Å². The summed E-state index contributed by atoms with van der Waals surface area (Å²) < 4.78 is 35.5. The summed E-state index contributed by atoms with van der Waals surface area (Å²) in [5, 5.41) is 7.02. The lowest BCUT2D eigenvalue weighted by Crippen LogP contribution is -2.66. The van der Waals surface area contributed by atoms with Crippen molar-refractivity contribution in [3.63, 3.8) is 0 Å². The number of hydrogen-bond acceptors (Lipinski definition) is 7. The van der Waals surface area contributed by atoms with E-state index in [1.54, 1.807) is 0 Å². The Morgan fingerprint density at radius 1 is 0.708 bits per heavy atom. The number of thiazole rings is 1. The molecule has 0 N–H and O–H groups in total. The van der Waals surface area contributed by atoms with Crippen molar-refractivity contribution in [2.45, 2.75) is 56.6 Å². The van der Waals surface area contributed by atoms with Gasteiger partial charge in [0.15, 0.2) is 6.20 Å². The van der Waals surface area contributed by atoms with Crippen molar-refractivity contribution in [2.75, 3.05) is 6.61 Å². The molecule has 6 rings (SSSR count). The van der Waals surface area contributed by atoms with Crippen molar-refractivity contribution in [3.05, 3.63) is 171 Å². The number of rotatable bonds is 15. The molecule has 0 unspecified atom stereocenters. The maximum atomic E-state index is 10.1. The first-order valence-corrected chi connectivity index (χ1v) is 16.8. The average Bonchev–Trinajstić information content (AvgIpc) is 3.58. The van der Waals surface area contributed by atoms with Gasteiger partial charge in [-0.3, -0.25) is 0 Å². The fraction of sp³-hybridized carbons (Fsp3) is 0.289. The van der Waals surface area contributed by atoms with E-state index in [9.17, 15) is 5.53 Å². The van der Waals surface area contributed by atoms with E-state index in [-0.39, 0.29) is 19.8 Å². The van der Waals surface area contributed by atoms with Crippen LogP contribution in [-0.2, 0) is 62.9 Å². The Labute approximate surface area is 284 Å². The van der Waals surface area contributed by atoms with Gasteiger partial charge in [-0.25, -0.2) is 0 Å². The van der Waals surface area contributed by atoms with E-state index < -0.39 is 30.1 Å². The zero-order valence-corrected chi connectivity index (χ0v) is 27.6. The average molecular weight is 664 g/mol. The SMILES string of the molecule is C[n+]1ccsc1[C@]1(N=[N+]=[N-])O[C@H](COCc2ccccc2)[C@H](OCc2ccccc2)[C@H](OCc2ccccc2)[C@H]1OCc1ccccc1. The van der Waals surface area contributed by atoms with Gasteiger partial charge >= 0.3 is 0 Å². The van der Waals surface area contributed by atoms with Gasteiger partial charge < -0.3 is 23.7 Å². The van der Waals surface area contributed by atoms with E-state index in [4.69, 9.17) is 23.7 Å². The lowest BCUT2D eigenvalue weighted by atomic mass is 9.90. The van der Waals surface area contributed by atoms with Crippen molar-refractivity contribution in [3.8, 4) is 0 Å². The lowest BCUT2D eigenvalue weighted by Gasteiger charge is -2.49. The molecule has 2 heterocycles. The Hall–Kier alpha value is -4.38. The molecule has 0 amide bonds. The number of azide groups is 1. The third kappa shape index (κ3) is 8.18. The first kappa shape index (κ1) is 33.5. The Kier molecular flexibility index (Phi) is 11.6. The monoisotopic (exact) mass is 663 g/mol. The van der Waals surface area contributed by atoms with Crippen LogP contribution in [0.5, 0.6) is 0 Å². The number of ether oxygens (including phenoxy) is 5. The van der Waals surface area contributed by atoms with E-state index in [0.717, 1.165) is 22.3 Å². The summed E-state index contributed by atoms with van der Waals surface area (Å²) >= 11 is 1.43. The minimum atomic E-state index is -1.60. The van der Waals surface area contributed by atoms with E-state index >= 15 is 0 Å². The summed E-state index contributed by atoms with van der Waals surface area (Å²) in [5.41, 5.74) is 12.5. The number of benzene rings is 4. The number of aryl methyl sites for hydroxylation is 1. The molecule has 5 aromatic rings. The third-order valence-corrected chi connectivity index (χ3v) is 9.29. The van der Waals surface area contributed by atoms with Crippen LogP contribution < -0.4 is 4.57 Å². The standard InChI is InChI=1S/C38H39N4O5S/c1-42-22-23-48-37(42)38(40-41-39)36(46-27-32-20-12-5-13-21-32)35(45-26-31-18-10-4-11-19-31)34(44-25-30-16-8-3-9-17-30)33(47-38)28-43-24-29-14-6-2-7-15-29/h2-23,33-36H,24-28H2,1H3/q+1/t33-,34+,35+,36-,38-/m1/s1. The van der Waals surface area contributed by atoms with Gasteiger partial charge in [-0.05, 0) is 32.9 Å². The predicted molar refractivity (Wildman–Crippen MR) is 182 cm³/mol. The van der Waals surface area contributed by atoms with Gasteiger partial charge in [-0.2, -0.15) is 4.57 Å². The first-order chi connectivity index (χ1) is 23.7. The first-order valence-electron chi connectivity index (χ1n) is 15.9. The van der Waals surface area contributed by atoms with Crippen LogP contribution in [0.15, 0.2) is 138 Å². The lowest BCUT2D eigenvalue weighted by molar-refractivity contribution is -0.683. The topological polar surface area (TPSA) is 98.8 Å². The highest BCUT2D eigenvalue weighted by molar-refractivity contribution is 7.09. The smallest absolute Gasteiger partial charge is 0.278 e. The second-order valence-electron chi connectivity index (χ2n) is 11.6. The molecule has 9 nitrogen and oxygen atoms in total. The summed E-state index contributed by atoms with van der Waals surface area (Å²) in [6.45, 7) is 1.35. The zero-order chi connectivity index (χ0) is 33.0. The number of hydrogen-bond donors (Lipinski definition) is 0. The van der Waals surface area contributed by atoms with Gasteiger partial charge in [0, 0.05) is 4.91 Å². The molecule has 1 aliphatic heterocycles. The van der Waals surface area contributed by atoms with Crippen molar-refractivity contribution in [1.82, 2.24) is 0 Å². The minimum absolute atomic E-state index is 0.155. The van der Waals surface area contributed by atoms with E-state index in [1.165, 1.54) is 11.3 Å². The molecule has 10 heteroatoms. The molecule has 246 valence electrons. The molecule has 5 atom stereocenters. The highest BCUT2D eigenvalue weighted by atomic mass is 32.1. The van der Waals surface area contributed by atoms with Crippen LogP contribution in [0.2, 0.25) is 0 Å². The zero-order valence-electron chi connectivity index (χ0n) is 26.8. The second kappa shape index (κ2) is 16.6. The Balaban J connectivity index is 1.42. The van der Waals surface area contributed by atoms with Crippen LogP contribution >= 0.6 is 11.3 Å². The summed E-state index contributed by atoms with van der Waals surface area (Å²) in [4.78, 5) is 3.34. The van der Waals surface area contributed by atoms with E-state index in [1.807, 2.05) is 145 Å². The molecule has 0 radical (unpaired) electrons. The number of nitrogens with zero attached hydrogens (tertiary/aromatic N) is 4. The highest BCUT2D eigenvalue weighted by Gasteiger charge is 2.62. The van der Waals surface area contributed by atoms with Gasteiger partial charge in [-0.1, -0.05) is 133 Å². The largest absolute Gasteiger partial charge is 0.374 e. The Morgan fingerprint density at radius 2 is 1.19 bits per heavy atom. The van der Waals surface area contributed by atoms with Gasteiger partial charge in [0.2, 0.25) is 0 Å². The maximum Gasteiger partial charge on any atom is 0.278 e. The van der Waals surface area contributed by atoms with Crippen molar-refractivity contribution in [2.24, 2.45) is 12.2 Å². The minimum Gasteiger partial charge on any atom is -0.374 e. The molecule has 0 spiro atoms. The van der Waals surface area contributed by atoms with Gasteiger partial charge in [0.1, 0.15) is 31.5 Å². The molecular weight excluding hydrogens is 625 g/mol. The van der Waals surface area contributed by atoms with Crippen LogP contribution in [0.25, 0.3) is 10.4 Å². The van der Waals surface area contributed by atoms with E-state index in [0.29, 0.717) is 18.2 Å². The maximum absolute atomic E-state index is 10.1. The Bertz CT molecular complexity index is 1740. The quantitative estimate of drug-likeness (QED) is 0.0503. The summed E-state index contributed by atoms with van der Waals surface area (Å²) in [6.07, 6.45) is -1.07. The molecule has 48 heavy (non-hydrogen) atoms. The van der Waals surface area contributed by atoms with Crippen LogP contribution in [0.3, 0.4) is 0 Å². The molecule has 0 bridgehead atoms. The normalized spacial score (nSPS) is 22.2. The van der Waals surface area contributed by atoms with Crippen molar-refractivity contribution < 1.29 is 28.3 Å². The molecule has 1 aliphatic rings. The fourth-order valence-electron chi connectivity index (χ4n) is 5.89. The fourth-order valence-corrected chi connectivity index (χ4v) is 6.86. The van der Waals surface area contributed by atoms with Crippen molar-refractivity contribution in [1.29, 1.82) is 0 Å². The summed E-state index contributed by atoms with van der Waals surface area (Å²) in [6, 6.07) is 39.8. The van der Waals surface area contributed by atoms with Gasteiger partial charge in [0.25, 0.3) is 10.7 Å². The number of aromatic nitrogens is 1. The van der Waals surface area contributed by atoms with Crippen LogP contribution in [0.4, 0.5) is 0 Å². The Morgan fingerprint density at radius 3 is 1.67 bits per heavy atom. The van der Waals surface area contributed by atoms with Gasteiger partial charge in [0.05, 0.1) is 38.4 Å². The van der Waals surface area contributed by atoms with E-state index in [2.05, 4.69) is 10.0 Å². The molecule has 1 aromatic heterocycles. The van der Waals surface area contributed by atoms with Crippen LogP contribution in [0, 0.1) is 0 Å². The van der Waals surface area contributed by atoms with Crippen LogP contribution in [-0.4, -0.2) is 31.0 Å². The molecule has 1 saturated heterocycles. The highest BCUT2D eigenvalue weighted by Crippen LogP contribution is 2.44. The van der Waals surface area contributed by atoms with Crippen molar-refractivity contribution >= 4 is 11.3 Å². The van der Waals surface area contributed by atoms with Gasteiger partial charge in [-0.15, -0.1) is 0 Å².